The number of rotatable bonds is 20. The average Bonchev–Trinajstić information content (AvgIpc) is 2.82. The van der Waals surface area contributed by atoms with Crippen molar-refractivity contribution in [2.24, 2.45) is 0 Å². The van der Waals surface area contributed by atoms with Crippen molar-refractivity contribution in [2.75, 3.05) is 18.5 Å². The molecule has 0 aliphatic heterocycles. The zero-order valence-electron chi connectivity index (χ0n) is 21.5. The first-order chi connectivity index (χ1) is 16.6. The number of aryl methyl sites for hydroxylation is 1. The second-order valence-electron chi connectivity index (χ2n) is 9.03. The van der Waals surface area contributed by atoms with Gasteiger partial charge in [0.05, 0.1) is 19.3 Å². The van der Waals surface area contributed by atoms with E-state index < -0.39 is 26.2 Å². The van der Waals surface area contributed by atoms with Gasteiger partial charge >= 0.3 is 15.2 Å². The molecule has 3 N–H and O–H groups in total. The molecule has 204 valence electrons. The maximum atomic E-state index is 14.5. The molecule has 0 heterocycles. The van der Waals surface area contributed by atoms with E-state index in [1.165, 1.54) is 6.07 Å². The SMILES string of the molecule is CCCCCCc1cccc(C(C(O)CBr)(P(=O)(O)O)P(=O)(OCCCCC)OCCCCC)c1. The van der Waals surface area contributed by atoms with Crippen molar-refractivity contribution < 1.29 is 33.1 Å². The van der Waals surface area contributed by atoms with E-state index >= 15 is 0 Å². The van der Waals surface area contributed by atoms with E-state index in [4.69, 9.17) is 9.05 Å². The summed E-state index contributed by atoms with van der Waals surface area (Å²) in [7, 11) is -9.84. The fraction of sp³-hybridized carbons (Fsp3) is 0.760. The van der Waals surface area contributed by atoms with Crippen LogP contribution in [0.15, 0.2) is 24.3 Å². The summed E-state index contributed by atoms with van der Waals surface area (Å²) in [5, 5.41) is 11.0. The molecule has 0 radical (unpaired) electrons. The van der Waals surface area contributed by atoms with E-state index in [0.717, 1.165) is 56.9 Å². The van der Waals surface area contributed by atoms with Crippen molar-refractivity contribution in [3.63, 3.8) is 0 Å². The summed E-state index contributed by atoms with van der Waals surface area (Å²) in [5.41, 5.74) is 0.946. The van der Waals surface area contributed by atoms with Gasteiger partial charge in [-0.05, 0) is 36.8 Å². The molecule has 2 unspecified atom stereocenters. The van der Waals surface area contributed by atoms with Crippen molar-refractivity contribution in [2.45, 2.75) is 102 Å². The second-order valence-corrected chi connectivity index (χ2v) is 14.0. The predicted molar refractivity (Wildman–Crippen MR) is 146 cm³/mol. The van der Waals surface area contributed by atoms with Crippen LogP contribution in [-0.4, -0.2) is 39.5 Å². The van der Waals surface area contributed by atoms with Crippen molar-refractivity contribution in [1.82, 2.24) is 0 Å². The lowest BCUT2D eigenvalue weighted by Gasteiger charge is -2.42. The number of aliphatic hydroxyl groups is 1. The molecule has 0 spiro atoms. The van der Waals surface area contributed by atoms with Gasteiger partial charge in [-0.3, -0.25) is 9.13 Å². The third-order valence-corrected chi connectivity index (χ3v) is 12.2. The van der Waals surface area contributed by atoms with E-state index in [1.54, 1.807) is 12.1 Å². The summed E-state index contributed by atoms with van der Waals surface area (Å²) in [5.74, 6) is 0. The summed E-state index contributed by atoms with van der Waals surface area (Å²) in [4.78, 5) is 19.0. The largest absolute Gasteiger partial charge is 0.390 e. The number of hydrogen-bond donors (Lipinski definition) is 3. The molecule has 1 rings (SSSR count). The van der Waals surface area contributed by atoms with Gasteiger partial charge in [-0.1, -0.05) is 106 Å². The van der Waals surface area contributed by atoms with Crippen LogP contribution in [0.5, 0.6) is 0 Å². The van der Waals surface area contributed by atoms with E-state index in [9.17, 15) is 24.0 Å². The fourth-order valence-electron chi connectivity index (χ4n) is 4.18. The lowest BCUT2D eigenvalue weighted by molar-refractivity contribution is 0.120. The molecule has 0 saturated heterocycles. The molecule has 2 atom stereocenters. The third kappa shape index (κ3) is 9.04. The van der Waals surface area contributed by atoms with Crippen molar-refractivity contribution in [3.05, 3.63) is 35.4 Å². The molecular weight excluding hydrogens is 554 g/mol. The highest BCUT2D eigenvalue weighted by atomic mass is 79.9. The number of aliphatic hydroxyl groups excluding tert-OH is 1. The number of alkyl halides is 1. The summed E-state index contributed by atoms with van der Waals surface area (Å²) >= 11 is 3.17. The van der Waals surface area contributed by atoms with Gasteiger partial charge in [0.15, 0.2) is 0 Å². The fourth-order valence-corrected chi connectivity index (χ4v) is 9.86. The smallest absolute Gasteiger partial charge is 0.356 e. The minimum absolute atomic E-state index is 0.0202. The van der Waals surface area contributed by atoms with Gasteiger partial charge in [-0.25, -0.2) is 0 Å². The van der Waals surface area contributed by atoms with E-state index in [1.807, 2.05) is 19.9 Å². The Hall–Kier alpha value is -0.0400. The molecule has 0 bridgehead atoms. The molecule has 1 aromatic rings. The van der Waals surface area contributed by atoms with Crippen LogP contribution in [0.1, 0.15) is 96.1 Å². The maximum Gasteiger partial charge on any atom is 0.356 e. The van der Waals surface area contributed by atoms with Gasteiger partial charge in [0.2, 0.25) is 4.90 Å². The standard InChI is InChI=1S/C25H45BrO7P2/c1-4-7-10-11-15-22-16-14-17-23(20-22)25(24(27)21-26,34(28,29)30)35(31,32-18-12-8-5-2)33-19-13-9-6-3/h14,16-17,20,24,27H,4-13,15,18-19,21H2,1-3H3,(H2,28,29,30). The lowest BCUT2D eigenvalue weighted by atomic mass is 10.0. The number of hydrogen-bond acceptors (Lipinski definition) is 5. The van der Waals surface area contributed by atoms with Crippen molar-refractivity contribution in [1.29, 1.82) is 0 Å². The molecule has 35 heavy (non-hydrogen) atoms. The first kappa shape index (κ1) is 33.0. The van der Waals surface area contributed by atoms with Crippen LogP contribution in [0.4, 0.5) is 0 Å². The van der Waals surface area contributed by atoms with Gasteiger partial charge in [0, 0.05) is 5.33 Å². The van der Waals surface area contributed by atoms with Crippen LogP contribution in [0, 0.1) is 0 Å². The highest BCUT2D eigenvalue weighted by Crippen LogP contribution is 2.80. The van der Waals surface area contributed by atoms with E-state index in [0.29, 0.717) is 19.3 Å². The average molecular weight is 599 g/mol. The van der Waals surface area contributed by atoms with E-state index in [-0.39, 0.29) is 24.1 Å². The lowest BCUT2D eigenvalue weighted by Crippen LogP contribution is -2.42. The first-order valence-corrected chi connectivity index (χ1v) is 17.2. The predicted octanol–water partition coefficient (Wildman–Crippen LogP) is 7.50. The summed E-state index contributed by atoms with van der Waals surface area (Å²) in [6.07, 6.45) is 7.77. The molecule has 7 nitrogen and oxygen atoms in total. The van der Waals surface area contributed by atoms with Gasteiger partial charge < -0.3 is 23.9 Å². The topological polar surface area (TPSA) is 113 Å². The molecule has 0 amide bonds. The summed E-state index contributed by atoms with van der Waals surface area (Å²) < 4.78 is 39.4. The van der Waals surface area contributed by atoms with Crippen LogP contribution < -0.4 is 0 Å². The molecule has 0 saturated carbocycles. The van der Waals surface area contributed by atoms with Gasteiger partial charge in [-0.2, -0.15) is 0 Å². The van der Waals surface area contributed by atoms with Crippen molar-refractivity contribution in [3.8, 4) is 0 Å². The van der Waals surface area contributed by atoms with Crippen molar-refractivity contribution >= 4 is 31.1 Å². The third-order valence-electron chi connectivity index (χ3n) is 6.16. The van der Waals surface area contributed by atoms with Crippen LogP contribution in [0.3, 0.4) is 0 Å². The minimum atomic E-state index is -5.28. The molecule has 10 heteroatoms. The Morgan fingerprint density at radius 1 is 0.886 bits per heavy atom. The van der Waals surface area contributed by atoms with Gasteiger partial charge in [-0.15, -0.1) is 0 Å². The summed E-state index contributed by atoms with van der Waals surface area (Å²) in [6, 6.07) is 6.73. The Bertz CT molecular complexity index is 801. The van der Waals surface area contributed by atoms with Gasteiger partial charge in [0.1, 0.15) is 0 Å². The normalized spacial score (nSPS) is 15.2. The van der Waals surface area contributed by atoms with Crippen LogP contribution in [-0.2, 0) is 29.5 Å². The highest BCUT2D eigenvalue weighted by molar-refractivity contribution is 9.09. The first-order valence-electron chi connectivity index (χ1n) is 12.9. The van der Waals surface area contributed by atoms with Crippen LogP contribution >= 0.6 is 31.1 Å². The number of benzene rings is 1. The van der Waals surface area contributed by atoms with Crippen LogP contribution in [0.25, 0.3) is 0 Å². The highest BCUT2D eigenvalue weighted by Gasteiger charge is 2.68. The molecule has 0 aromatic heterocycles. The zero-order chi connectivity index (χ0) is 26.4. The molecule has 1 aromatic carbocycles. The zero-order valence-corrected chi connectivity index (χ0v) is 24.9. The Morgan fingerprint density at radius 2 is 1.43 bits per heavy atom. The molecule has 0 fully saturated rings. The van der Waals surface area contributed by atoms with Crippen LogP contribution in [0.2, 0.25) is 0 Å². The number of halogens is 1. The Balaban J connectivity index is 3.61. The molecule has 0 aliphatic rings. The van der Waals surface area contributed by atoms with E-state index in [2.05, 4.69) is 22.9 Å². The quantitative estimate of drug-likeness (QED) is 0.0808. The van der Waals surface area contributed by atoms with Gasteiger partial charge in [0.25, 0.3) is 0 Å². The molecular formula is C25H45BrO7P2. The maximum absolute atomic E-state index is 14.5. The Labute approximate surface area is 220 Å². The number of unbranched alkanes of at least 4 members (excludes halogenated alkanes) is 7. The Morgan fingerprint density at radius 3 is 1.91 bits per heavy atom. The second kappa shape index (κ2) is 16.7. The Kier molecular flexibility index (Phi) is 15.8. The monoisotopic (exact) mass is 598 g/mol. The summed E-state index contributed by atoms with van der Waals surface area (Å²) in [6.45, 7) is 6.21. The molecule has 0 aliphatic carbocycles. The minimum Gasteiger partial charge on any atom is -0.390 e.